The Balaban J connectivity index is 1.74. The molecule has 0 aliphatic carbocycles. The van der Waals surface area contributed by atoms with E-state index >= 15 is 0 Å². The minimum atomic E-state index is -0.124. The first kappa shape index (κ1) is 18.7. The van der Waals surface area contributed by atoms with Gasteiger partial charge in [0.25, 0.3) is 5.56 Å². The van der Waals surface area contributed by atoms with Gasteiger partial charge < -0.3 is 9.64 Å². The third-order valence-corrected chi connectivity index (χ3v) is 5.71. The van der Waals surface area contributed by atoms with Gasteiger partial charge in [0.2, 0.25) is 5.91 Å². The number of carbonyl (C=O) groups excluding carboxylic acids is 1. The fourth-order valence-corrected chi connectivity index (χ4v) is 4.17. The number of hydrogen-bond donors (Lipinski definition) is 0. The maximum atomic E-state index is 13.2. The van der Waals surface area contributed by atoms with Gasteiger partial charge in [-0.2, -0.15) is 0 Å². The molecule has 1 saturated heterocycles. The number of benzene rings is 2. The highest BCUT2D eigenvalue weighted by atomic mass is 32.2. The van der Waals surface area contributed by atoms with E-state index in [4.69, 9.17) is 9.72 Å². The Hall–Kier alpha value is -2.64. The lowest BCUT2D eigenvalue weighted by Crippen LogP contribution is -2.41. The van der Waals surface area contributed by atoms with Crippen molar-refractivity contribution in [3.05, 3.63) is 64.4 Å². The Morgan fingerprint density at radius 1 is 1.11 bits per heavy atom. The second-order valence-corrected chi connectivity index (χ2v) is 7.56. The highest BCUT2D eigenvalue weighted by Gasteiger charge is 2.20. The molecule has 0 spiro atoms. The highest BCUT2D eigenvalue weighted by Crippen LogP contribution is 2.23. The maximum absolute atomic E-state index is 13.2. The molecule has 0 unspecified atom stereocenters. The Bertz CT molecular complexity index is 1070. The number of nitrogens with zero attached hydrogens (tertiary/aromatic N) is 3. The summed E-state index contributed by atoms with van der Waals surface area (Å²) in [6, 6.07) is 15.0. The molecule has 144 valence electrons. The molecule has 1 aromatic heterocycles. The lowest BCUT2D eigenvalue weighted by molar-refractivity contribution is -0.132. The van der Waals surface area contributed by atoms with Gasteiger partial charge in [-0.25, -0.2) is 4.98 Å². The topological polar surface area (TPSA) is 64.4 Å². The van der Waals surface area contributed by atoms with E-state index in [9.17, 15) is 9.59 Å². The van der Waals surface area contributed by atoms with Crippen LogP contribution < -0.4 is 5.56 Å². The molecule has 4 rings (SSSR count). The van der Waals surface area contributed by atoms with Crippen LogP contribution in [0.1, 0.15) is 5.56 Å². The molecule has 0 bridgehead atoms. The quantitative estimate of drug-likeness (QED) is 0.502. The molecule has 2 heterocycles. The molecule has 3 aromatic rings. The zero-order valence-corrected chi connectivity index (χ0v) is 16.4. The van der Waals surface area contributed by atoms with E-state index in [1.165, 1.54) is 11.8 Å². The summed E-state index contributed by atoms with van der Waals surface area (Å²) in [6.45, 7) is 4.31. The van der Waals surface area contributed by atoms with Crippen LogP contribution in [0.3, 0.4) is 0 Å². The van der Waals surface area contributed by atoms with Crippen LogP contribution >= 0.6 is 11.8 Å². The highest BCUT2D eigenvalue weighted by molar-refractivity contribution is 7.99. The van der Waals surface area contributed by atoms with Crippen LogP contribution in [0.15, 0.2) is 58.5 Å². The predicted molar refractivity (Wildman–Crippen MR) is 110 cm³/mol. The number of thioether (sulfide) groups is 1. The van der Waals surface area contributed by atoms with Crippen molar-refractivity contribution in [1.29, 1.82) is 0 Å². The standard InChI is InChI=1S/C21H21N3O3S/c1-15-6-2-5-9-18(15)24-20(26)16-7-3-4-8-17(16)22-21(24)28-14-19(25)23-10-12-27-13-11-23/h2-9H,10-14H2,1H3. The SMILES string of the molecule is Cc1ccccc1-n1c(SCC(=O)N2CCOCC2)nc2ccccc2c1=O. The van der Waals surface area contributed by atoms with Crippen molar-refractivity contribution in [2.24, 2.45) is 0 Å². The van der Waals surface area contributed by atoms with Crippen LogP contribution in [-0.4, -0.2) is 52.4 Å². The Kier molecular flexibility index (Phi) is 5.45. The number of aryl methyl sites for hydroxylation is 1. The summed E-state index contributed by atoms with van der Waals surface area (Å²) in [5.41, 5.74) is 2.27. The van der Waals surface area contributed by atoms with Crippen molar-refractivity contribution in [1.82, 2.24) is 14.5 Å². The second-order valence-electron chi connectivity index (χ2n) is 6.62. The van der Waals surface area contributed by atoms with E-state index in [0.717, 1.165) is 11.3 Å². The average Bonchev–Trinajstić information content (AvgIpc) is 2.73. The summed E-state index contributed by atoms with van der Waals surface area (Å²) in [7, 11) is 0. The number of ether oxygens (including phenoxy) is 1. The maximum Gasteiger partial charge on any atom is 0.266 e. The largest absolute Gasteiger partial charge is 0.378 e. The van der Waals surface area contributed by atoms with Gasteiger partial charge in [-0.1, -0.05) is 42.1 Å². The lowest BCUT2D eigenvalue weighted by Gasteiger charge is -2.26. The van der Waals surface area contributed by atoms with Crippen molar-refractivity contribution in [2.45, 2.75) is 12.1 Å². The van der Waals surface area contributed by atoms with Gasteiger partial charge in [-0.05, 0) is 30.7 Å². The fraction of sp³-hybridized carbons (Fsp3) is 0.286. The smallest absolute Gasteiger partial charge is 0.266 e. The number of aromatic nitrogens is 2. The minimum absolute atomic E-state index is 0.0343. The van der Waals surface area contributed by atoms with Gasteiger partial charge in [0.05, 0.1) is 35.6 Å². The van der Waals surface area contributed by atoms with Gasteiger partial charge in [-0.3, -0.25) is 14.2 Å². The molecule has 6 nitrogen and oxygen atoms in total. The van der Waals surface area contributed by atoms with E-state index in [0.29, 0.717) is 42.4 Å². The molecule has 0 atom stereocenters. The number of fused-ring (bicyclic) bond motifs is 1. The van der Waals surface area contributed by atoms with Crippen molar-refractivity contribution >= 4 is 28.6 Å². The molecular weight excluding hydrogens is 374 g/mol. The summed E-state index contributed by atoms with van der Waals surface area (Å²) < 4.78 is 6.93. The van der Waals surface area contributed by atoms with Crippen LogP contribution in [0.4, 0.5) is 0 Å². The molecule has 1 amide bonds. The first-order valence-corrected chi connectivity index (χ1v) is 10.2. The van der Waals surface area contributed by atoms with Crippen LogP contribution in [0.5, 0.6) is 0 Å². The molecule has 7 heteroatoms. The lowest BCUT2D eigenvalue weighted by atomic mass is 10.2. The van der Waals surface area contributed by atoms with Crippen LogP contribution in [0.25, 0.3) is 16.6 Å². The molecule has 1 fully saturated rings. The second kappa shape index (κ2) is 8.16. The predicted octanol–water partition coefficient (Wildman–Crippen LogP) is 2.65. The van der Waals surface area contributed by atoms with Crippen molar-refractivity contribution in [2.75, 3.05) is 32.1 Å². The number of para-hydroxylation sites is 2. The summed E-state index contributed by atoms with van der Waals surface area (Å²) in [4.78, 5) is 32.3. The van der Waals surface area contributed by atoms with E-state index in [-0.39, 0.29) is 17.2 Å². The third-order valence-electron chi connectivity index (χ3n) is 4.79. The molecule has 1 aliphatic rings. The number of amides is 1. The normalized spacial score (nSPS) is 14.4. The monoisotopic (exact) mass is 395 g/mol. The van der Waals surface area contributed by atoms with Gasteiger partial charge in [-0.15, -0.1) is 0 Å². The van der Waals surface area contributed by atoms with E-state index < -0.39 is 0 Å². The molecule has 2 aromatic carbocycles. The van der Waals surface area contributed by atoms with Crippen molar-refractivity contribution in [3.63, 3.8) is 0 Å². The number of morpholine rings is 1. The number of hydrogen-bond acceptors (Lipinski definition) is 5. The van der Waals surface area contributed by atoms with Gasteiger partial charge in [0, 0.05) is 13.1 Å². The van der Waals surface area contributed by atoms with Crippen LogP contribution in [-0.2, 0) is 9.53 Å². The fourth-order valence-electron chi connectivity index (χ4n) is 3.27. The number of carbonyl (C=O) groups is 1. The summed E-state index contributed by atoms with van der Waals surface area (Å²) in [5.74, 6) is 0.267. The Morgan fingerprint density at radius 2 is 1.82 bits per heavy atom. The summed E-state index contributed by atoms with van der Waals surface area (Å²) >= 11 is 1.30. The Morgan fingerprint density at radius 3 is 2.61 bits per heavy atom. The minimum Gasteiger partial charge on any atom is -0.378 e. The third kappa shape index (κ3) is 3.68. The zero-order chi connectivity index (χ0) is 19.5. The molecule has 28 heavy (non-hydrogen) atoms. The van der Waals surface area contributed by atoms with Gasteiger partial charge >= 0.3 is 0 Å². The van der Waals surface area contributed by atoms with E-state index in [1.54, 1.807) is 15.5 Å². The van der Waals surface area contributed by atoms with Crippen LogP contribution in [0, 0.1) is 6.92 Å². The first-order chi connectivity index (χ1) is 13.6. The first-order valence-electron chi connectivity index (χ1n) is 9.21. The molecular formula is C21H21N3O3S. The van der Waals surface area contributed by atoms with E-state index in [1.807, 2.05) is 49.4 Å². The van der Waals surface area contributed by atoms with Crippen molar-refractivity contribution in [3.8, 4) is 5.69 Å². The molecule has 1 aliphatic heterocycles. The molecule has 0 saturated carbocycles. The van der Waals surface area contributed by atoms with Gasteiger partial charge in [0.15, 0.2) is 5.16 Å². The Labute approximate surface area is 167 Å². The zero-order valence-electron chi connectivity index (χ0n) is 15.6. The summed E-state index contributed by atoms with van der Waals surface area (Å²) in [6.07, 6.45) is 0. The molecule has 0 N–H and O–H groups in total. The van der Waals surface area contributed by atoms with Crippen LogP contribution in [0.2, 0.25) is 0 Å². The van der Waals surface area contributed by atoms with Gasteiger partial charge in [0.1, 0.15) is 0 Å². The summed E-state index contributed by atoms with van der Waals surface area (Å²) in [5, 5.41) is 1.09. The number of rotatable bonds is 4. The molecule has 0 radical (unpaired) electrons. The van der Waals surface area contributed by atoms with Crippen molar-refractivity contribution < 1.29 is 9.53 Å². The average molecular weight is 395 g/mol. The van der Waals surface area contributed by atoms with E-state index in [2.05, 4.69) is 0 Å².